The molecule has 0 amide bonds. The molecular formula is C14H10N4O. The zero-order chi connectivity index (χ0) is 13.4. The fourth-order valence-electron chi connectivity index (χ4n) is 2.01. The van der Waals surface area contributed by atoms with E-state index < -0.39 is 0 Å². The molecule has 0 aliphatic heterocycles. The highest BCUT2D eigenvalue weighted by Gasteiger charge is 2.12. The largest absolute Gasteiger partial charge is 0.508 e. The van der Waals surface area contributed by atoms with E-state index in [1.165, 1.54) is 0 Å². The van der Waals surface area contributed by atoms with Gasteiger partial charge in [0.15, 0.2) is 11.5 Å². The number of hydrogen-bond acceptors (Lipinski definition) is 4. The molecule has 0 aliphatic rings. The minimum atomic E-state index is 0.225. The molecule has 0 unspecified atom stereocenters. The Morgan fingerprint density at radius 1 is 1.26 bits per heavy atom. The molecule has 0 spiro atoms. The first kappa shape index (κ1) is 11.2. The van der Waals surface area contributed by atoms with Crippen molar-refractivity contribution in [1.82, 2.24) is 14.6 Å². The van der Waals surface area contributed by atoms with Gasteiger partial charge in [-0.3, -0.25) is 4.40 Å². The number of pyridine rings is 1. The van der Waals surface area contributed by atoms with Gasteiger partial charge < -0.3 is 5.11 Å². The van der Waals surface area contributed by atoms with Gasteiger partial charge in [0, 0.05) is 23.4 Å². The van der Waals surface area contributed by atoms with Gasteiger partial charge in [-0.15, -0.1) is 10.2 Å². The SMILES string of the molecule is Cc1c(O)cccc1-c1nnc2cc(C#N)ccn12. The van der Waals surface area contributed by atoms with Crippen molar-refractivity contribution < 1.29 is 5.11 Å². The lowest BCUT2D eigenvalue weighted by Gasteiger charge is -2.05. The van der Waals surface area contributed by atoms with Crippen LogP contribution in [-0.4, -0.2) is 19.7 Å². The Labute approximate surface area is 109 Å². The fraction of sp³-hybridized carbons (Fsp3) is 0.0714. The lowest BCUT2D eigenvalue weighted by atomic mass is 10.1. The van der Waals surface area contributed by atoms with Crippen molar-refractivity contribution in [3.8, 4) is 23.2 Å². The van der Waals surface area contributed by atoms with Crippen LogP contribution in [0.1, 0.15) is 11.1 Å². The first-order valence-electron chi connectivity index (χ1n) is 5.74. The van der Waals surface area contributed by atoms with E-state index in [-0.39, 0.29) is 5.75 Å². The molecule has 5 nitrogen and oxygen atoms in total. The van der Waals surface area contributed by atoms with Crippen molar-refractivity contribution >= 4 is 5.65 Å². The van der Waals surface area contributed by atoms with Crippen LogP contribution in [0, 0.1) is 18.3 Å². The Kier molecular flexibility index (Phi) is 2.43. The molecule has 3 rings (SSSR count). The van der Waals surface area contributed by atoms with Gasteiger partial charge in [-0.25, -0.2) is 0 Å². The van der Waals surface area contributed by atoms with E-state index in [4.69, 9.17) is 5.26 Å². The highest BCUT2D eigenvalue weighted by atomic mass is 16.3. The van der Waals surface area contributed by atoms with Crippen LogP contribution in [0.25, 0.3) is 17.0 Å². The monoisotopic (exact) mass is 250 g/mol. The molecule has 0 fully saturated rings. The number of nitriles is 1. The molecule has 2 aromatic heterocycles. The number of phenols is 1. The zero-order valence-corrected chi connectivity index (χ0v) is 10.2. The maximum atomic E-state index is 9.75. The lowest BCUT2D eigenvalue weighted by Crippen LogP contribution is -1.92. The van der Waals surface area contributed by atoms with E-state index in [2.05, 4.69) is 16.3 Å². The van der Waals surface area contributed by atoms with Crippen molar-refractivity contribution in [3.05, 3.63) is 47.7 Å². The molecular weight excluding hydrogens is 240 g/mol. The summed E-state index contributed by atoms with van der Waals surface area (Å²) in [5, 5.41) is 26.8. The normalized spacial score (nSPS) is 10.5. The molecule has 1 N–H and O–H groups in total. The molecule has 0 bridgehead atoms. The van der Waals surface area contributed by atoms with Crippen LogP contribution in [0.15, 0.2) is 36.5 Å². The summed E-state index contributed by atoms with van der Waals surface area (Å²) in [5.41, 5.74) is 2.72. The maximum absolute atomic E-state index is 9.75. The quantitative estimate of drug-likeness (QED) is 0.719. The molecule has 5 heteroatoms. The molecule has 92 valence electrons. The summed E-state index contributed by atoms with van der Waals surface area (Å²) in [6.45, 7) is 1.83. The van der Waals surface area contributed by atoms with Crippen molar-refractivity contribution in [2.45, 2.75) is 6.92 Å². The van der Waals surface area contributed by atoms with E-state index in [9.17, 15) is 5.11 Å². The van der Waals surface area contributed by atoms with Gasteiger partial charge in [0.25, 0.3) is 0 Å². The second-order valence-electron chi connectivity index (χ2n) is 4.23. The van der Waals surface area contributed by atoms with E-state index in [0.717, 1.165) is 11.1 Å². The number of fused-ring (bicyclic) bond motifs is 1. The van der Waals surface area contributed by atoms with Crippen LogP contribution in [-0.2, 0) is 0 Å². The minimum absolute atomic E-state index is 0.225. The summed E-state index contributed by atoms with van der Waals surface area (Å²) in [5.74, 6) is 0.871. The number of benzene rings is 1. The van der Waals surface area contributed by atoms with Crippen LogP contribution in [0.3, 0.4) is 0 Å². The molecule has 0 radical (unpaired) electrons. The summed E-state index contributed by atoms with van der Waals surface area (Å²) in [4.78, 5) is 0. The van der Waals surface area contributed by atoms with Crippen LogP contribution in [0.2, 0.25) is 0 Å². The van der Waals surface area contributed by atoms with Crippen LogP contribution >= 0.6 is 0 Å². The second-order valence-corrected chi connectivity index (χ2v) is 4.23. The van der Waals surface area contributed by atoms with Crippen molar-refractivity contribution in [2.75, 3.05) is 0 Å². The molecule has 3 aromatic rings. The van der Waals surface area contributed by atoms with Crippen LogP contribution < -0.4 is 0 Å². The number of aromatic hydroxyl groups is 1. The lowest BCUT2D eigenvalue weighted by molar-refractivity contribution is 0.471. The standard InChI is InChI=1S/C14H10N4O/c1-9-11(3-2-4-12(9)19)14-17-16-13-7-10(8-15)5-6-18(13)14/h2-7,19H,1H3. The highest BCUT2D eigenvalue weighted by Crippen LogP contribution is 2.28. The summed E-state index contributed by atoms with van der Waals surface area (Å²) in [7, 11) is 0. The van der Waals surface area contributed by atoms with E-state index in [1.807, 2.05) is 13.0 Å². The van der Waals surface area contributed by atoms with Gasteiger partial charge in [0.05, 0.1) is 11.6 Å². The number of rotatable bonds is 1. The Morgan fingerprint density at radius 3 is 2.89 bits per heavy atom. The molecule has 19 heavy (non-hydrogen) atoms. The van der Waals surface area contributed by atoms with Crippen molar-refractivity contribution in [1.29, 1.82) is 5.26 Å². The molecule has 0 saturated carbocycles. The number of phenolic OH excluding ortho intramolecular Hbond substituents is 1. The Balaban J connectivity index is 2.27. The van der Waals surface area contributed by atoms with Crippen molar-refractivity contribution in [3.63, 3.8) is 0 Å². The van der Waals surface area contributed by atoms with E-state index in [0.29, 0.717) is 17.0 Å². The topological polar surface area (TPSA) is 74.2 Å². The molecule has 1 aromatic carbocycles. The van der Waals surface area contributed by atoms with Gasteiger partial charge in [0.2, 0.25) is 0 Å². The third-order valence-corrected chi connectivity index (χ3v) is 3.09. The van der Waals surface area contributed by atoms with Crippen molar-refractivity contribution in [2.24, 2.45) is 0 Å². The third-order valence-electron chi connectivity index (χ3n) is 3.09. The summed E-state index contributed by atoms with van der Waals surface area (Å²) in [6, 6.07) is 10.7. The van der Waals surface area contributed by atoms with Gasteiger partial charge >= 0.3 is 0 Å². The number of nitrogens with zero attached hydrogens (tertiary/aromatic N) is 4. The Hall–Kier alpha value is -2.87. The molecule has 0 atom stereocenters. The van der Waals surface area contributed by atoms with Gasteiger partial charge in [0.1, 0.15) is 5.75 Å². The minimum Gasteiger partial charge on any atom is -0.508 e. The highest BCUT2D eigenvalue weighted by molar-refractivity contribution is 5.66. The number of hydrogen-bond donors (Lipinski definition) is 1. The molecule has 0 saturated heterocycles. The molecule has 2 heterocycles. The first-order valence-corrected chi connectivity index (χ1v) is 5.74. The van der Waals surface area contributed by atoms with E-state index >= 15 is 0 Å². The predicted molar refractivity (Wildman–Crippen MR) is 69.5 cm³/mol. The smallest absolute Gasteiger partial charge is 0.168 e. The Morgan fingerprint density at radius 2 is 2.11 bits per heavy atom. The summed E-state index contributed by atoms with van der Waals surface area (Å²) in [6.07, 6.45) is 1.76. The fourth-order valence-corrected chi connectivity index (χ4v) is 2.01. The first-order chi connectivity index (χ1) is 9.20. The predicted octanol–water partition coefficient (Wildman–Crippen LogP) is 2.28. The van der Waals surface area contributed by atoms with Gasteiger partial charge in [-0.1, -0.05) is 12.1 Å². The summed E-state index contributed by atoms with van der Waals surface area (Å²) < 4.78 is 1.79. The van der Waals surface area contributed by atoms with Gasteiger partial charge in [-0.05, 0) is 19.1 Å². The average molecular weight is 250 g/mol. The van der Waals surface area contributed by atoms with Crippen LogP contribution in [0.4, 0.5) is 0 Å². The molecule has 0 aliphatic carbocycles. The average Bonchev–Trinajstić information content (AvgIpc) is 2.84. The maximum Gasteiger partial charge on any atom is 0.168 e. The van der Waals surface area contributed by atoms with Gasteiger partial charge in [-0.2, -0.15) is 5.26 Å². The Bertz CT molecular complexity index is 814. The summed E-state index contributed by atoms with van der Waals surface area (Å²) >= 11 is 0. The number of aromatic nitrogens is 3. The van der Waals surface area contributed by atoms with E-state index in [1.54, 1.807) is 34.9 Å². The third kappa shape index (κ3) is 1.70. The zero-order valence-electron chi connectivity index (χ0n) is 10.2. The van der Waals surface area contributed by atoms with Crippen LogP contribution in [0.5, 0.6) is 5.75 Å². The second kappa shape index (κ2) is 4.10.